The van der Waals surface area contributed by atoms with Crippen molar-refractivity contribution in [1.82, 2.24) is 0 Å². The van der Waals surface area contributed by atoms with Crippen molar-refractivity contribution in [3.63, 3.8) is 0 Å². The van der Waals surface area contributed by atoms with Gasteiger partial charge >= 0.3 is 0 Å². The number of benzene rings is 1. The Bertz CT molecular complexity index is 549. The highest BCUT2D eigenvalue weighted by molar-refractivity contribution is 9.09. The van der Waals surface area contributed by atoms with Gasteiger partial charge in [-0.1, -0.05) is 59.5 Å². The fourth-order valence-electron chi connectivity index (χ4n) is 3.16. The van der Waals surface area contributed by atoms with Gasteiger partial charge in [0.05, 0.1) is 11.1 Å². The van der Waals surface area contributed by atoms with E-state index in [1.165, 1.54) is 48.8 Å². The second kappa shape index (κ2) is 6.17. The molecule has 1 aliphatic carbocycles. The predicted octanol–water partition coefficient (Wildman–Crippen LogP) is 6.12. The number of hydrogen-bond donors (Lipinski definition) is 0. The van der Waals surface area contributed by atoms with E-state index in [2.05, 4.69) is 46.3 Å². The minimum atomic E-state index is 0.223. The second-order valence-electron chi connectivity index (χ2n) is 5.85. The van der Waals surface area contributed by atoms with E-state index in [1.54, 1.807) is 0 Å². The Morgan fingerprint density at radius 1 is 1.05 bits per heavy atom. The highest BCUT2D eigenvalue weighted by Crippen LogP contribution is 2.35. The van der Waals surface area contributed by atoms with E-state index >= 15 is 0 Å². The first-order chi connectivity index (χ1) is 9.74. The van der Waals surface area contributed by atoms with Crippen molar-refractivity contribution in [3.8, 4) is 0 Å². The van der Waals surface area contributed by atoms with E-state index < -0.39 is 0 Å². The molecule has 1 aromatic carbocycles. The third-order valence-electron chi connectivity index (χ3n) is 4.35. The van der Waals surface area contributed by atoms with Crippen LogP contribution in [0.5, 0.6) is 0 Å². The summed E-state index contributed by atoms with van der Waals surface area (Å²) >= 11 is 3.77. The molecule has 1 saturated carbocycles. The van der Waals surface area contributed by atoms with Gasteiger partial charge in [0.1, 0.15) is 5.76 Å². The standard InChI is InChI=1S/C18H21BrO/c1-13-11-17(12-20-13)18(19)16-9-7-15(8-10-16)14-5-3-2-4-6-14/h7-12,14,18H,2-6H2,1H3. The van der Waals surface area contributed by atoms with Crippen molar-refractivity contribution in [2.75, 3.05) is 0 Å². The lowest BCUT2D eigenvalue weighted by Crippen LogP contribution is -2.04. The fourth-order valence-corrected chi connectivity index (χ4v) is 3.71. The summed E-state index contributed by atoms with van der Waals surface area (Å²) in [5, 5.41) is 0. The third kappa shape index (κ3) is 3.01. The van der Waals surface area contributed by atoms with E-state index in [1.807, 2.05) is 13.2 Å². The lowest BCUT2D eigenvalue weighted by atomic mass is 9.84. The van der Waals surface area contributed by atoms with Gasteiger partial charge in [0.15, 0.2) is 0 Å². The molecule has 0 aliphatic heterocycles. The van der Waals surface area contributed by atoms with Crippen LogP contribution in [0.1, 0.15) is 65.3 Å². The number of hydrogen-bond acceptors (Lipinski definition) is 1. The molecule has 2 heteroatoms. The molecule has 20 heavy (non-hydrogen) atoms. The highest BCUT2D eigenvalue weighted by atomic mass is 79.9. The summed E-state index contributed by atoms with van der Waals surface area (Å²) in [6, 6.07) is 11.2. The first kappa shape index (κ1) is 13.9. The monoisotopic (exact) mass is 332 g/mol. The summed E-state index contributed by atoms with van der Waals surface area (Å²) in [6.45, 7) is 1.98. The molecule has 1 aromatic heterocycles. The molecule has 1 nitrogen and oxygen atoms in total. The van der Waals surface area contributed by atoms with Crippen LogP contribution in [0.4, 0.5) is 0 Å². The summed E-state index contributed by atoms with van der Waals surface area (Å²) in [5.74, 6) is 1.74. The molecular formula is C18H21BrO. The Hall–Kier alpha value is -1.02. The Kier molecular flexibility index (Phi) is 4.30. The molecule has 1 unspecified atom stereocenters. The molecule has 0 spiro atoms. The van der Waals surface area contributed by atoms with Crippen LogP contribution in [0.3, 0.4) is 0 Å². The zero-order chi connectivity index (χ0) is 13.9. The minimum absolute atomic E-state index is 0.223. The maximum Gasteiger partial charge on any atom is 0.101 e. The summed E-state index contributed by atoms with van der Waals surface area (Å²) in [6.07, 6.45) is 8.75. The molecule has 1 aliphatic rings. The first-order valence-electron chi connectivity index (χ1n) is 7.53. The van der Waals surface area contributed by atoms with E-state index in [0.29, 0.717) is 0 Å². The molecule has 0 saturated heterocycles. The molecule has 2 aromatic rings. The Morgan fingerprint density at radius 2 is 1.75 bits per heavy atom. The van der Waals surface area contributed by atoms with Crippen molar-refractivity contribution < 1.29 is 4.42 Å². The SMILES string of the molecule is Cc1cc(C(Br)c2ccc(C3CCCCC3)cc2)co1. The van der Waals surface area contributed by atoms with Crippen LogP contribution in [0.25, 0.3) is 0 Å². The Balaban J connectivity index is 1.75. The van der Waals surface area contributed by atoms with Crippen molar-refractivity contribution >= 4 is 15.9 Å². The van der Waals surface area contributed by atoms with E-state index in [4.69, 9.17) is 4.42 Å². The van der Waals surface area contributed by atoms with Crippen molar-refractivity contribution in [2.45, 2.75) is 49.8 Å². The van der Waals surface area contributed by atoms with Gasteiger partial charge in [-0.25, -0.2) is 0 Å². The number of halogens is 1. The Labute approximate surface area is 129 Å². The van der Waals surface area contributed by atoms with Crippen LogP contribution in [0, 0.1) is 6.92 Å². The second-order valence-corrected chi connectivity index (χ2v) is 6.77. The highest BCUT2D eigenvalue weighted by Gasteiger charge is 2.17. The van der Waals surface area contributed by atoms with Gasteiger partial charge in [0.25, 0.3) is 0 Å². The smallest absolute Gasteiger partial charge is 0.101 e. The maximum atomic E-state index is 5.40. The molecular weight excluding hydrogens is 312 g/mol. The summed E-state index contributed by atoms with van der Waals surface area (Å²) in [7, 11) is 0. The quantitative estimate of drug-likeness (QED) is 0.617. The van der Waals surface area contributed by atoms with E-state index in [0.717, 1.165) is 11.7 Å². The molecule has 1 heterocycles. The molecule has 3 rings (SSSR count). The topological polar surface area (TPSA) is 13.1 Å². The number of rotatable bonds is 3. The molecule has 1 fully saturated rings. The number of furan rings is 1. The average molecular weight is 333 g/mol. The Morgan fingerprint density at radius 3 is 2.35 bits per heavy atom. The molecule has 0 N–H and O–H groups in total. The van der Waals surface area contributed by atoms with Crippen molar-refractivity contribution in [2.24, 2.45) is 0 Å². The van der Waals surface area contributed by atoms with Crippen LogP contribution in [0.2, 0.25) is 0 Å². The zero-order valence-corrected chi connectivity index (χ0v) is 13.5. The van der Waals surface area contributed by atoms with Gasteiger partial charge in [0.2, 0.25) is 0 Å². The van der Waals surface area contributed by atoms with Gasteiger partial charge in [0, 0.05) is 5.56 Å². The molecule has 0 radical (unpaired) electrons. The van der Waals surface area contributed by atoms with Gasteiger partial charge in [-0.05, 0) is 42.9 Å². The first-order valence-corrected chi connectivity index (χ1v) is 8.44. The minimum Gasteiger partial charge on any atom is -0.469 e. The van der Waals surface area contributed by atoms with Gasteiger partial charge in [-0.15, -0.1) is 0 Å². The lowest BCUT2D eigenvalue weighted by molar-refractivity contribution is 0.443. The fraction of sp³-hybridized carbons (Fsp3) is 0.444. The normalized spacial score (nSPS) is 18.1. The van der Waals surface area contributed by atoms with E-state index in [-0.39, 0.29) is 4.83 Å². The molecule has 0 bridgehead atoms. The average Bonchev–Trinajstić information content (AvgIpc) is 2.94. The van der Waals surface area contributed by atoms with Crippen LogP contribution >= 0.6 is 15.9 Å². The summed E-state index contributed by atoms with van der Waals surface area (Å²) in [5.41, 5.74) is 4.00. The largest absolute Gasteiger partial charge is 0.469 e. The summed E-state index contributed by atoms with van der Waals surface area (Å²) in [4.78, 5) is 0.223. The van der Waals surface area contributed by atoms with E-state index in [9.17, 15) is 0 Å². The third-order valence-corrected chi connectivity index (χ3v) is 5.41. The summed E-state index contributed by atoms with van der Waals surface area (Å²) < 4.78 is 5.40. The van der Waals surface area contributed by atoms with Crippen molar-refractivity contribution in [1.29, 1.82) is 0 Å². The number of aryl methyl sites for hydroxylation is 1. The van der Waals surface area contributed by atoms with Gasteiger partial charge in [-0.2, -0.15) is 0 Å². The van der Waals surface area contributed by atoms with Crippen LogP contribution < -0.4 is 0 Å². The maximum absolute atomic E-state index is 5.40. The predicted molar refractivity (Wildman–Crippen MR) is 86.5 cm³/mol. The lowest BCUT2D eigenvalue weighted by Gasteiger charge is -2.22. The van der Waals surface area contributed by atoms with Crippen LogP contribution in [-0.2, 0) is 0 Å². The molecule has 1 atom stereocenters. The molecule has 106 valence electrons. The zero-order valence-electron chi connectivity index (χ0n) is 11.9. The van der Waals surface area contributed by atoms with Crippen LogP contribution in [-0.4, -0.2) is 0 Å². The molecule has 0 amide bonds. The van der Waals surface area contributed by atoms with Crippen LogP contribution in [0.15, 0.2) is 41.0 Å². The number of alkyl halides is 1. The van der Waals surface area contributed by atoms with Gasteiger partial charge in [-0.3, -0.25) is 0 Å². The van der Waals surface area contributed by atoms with Crippen molar-refractivity contribution in [3.05, 3.63) is 59.0 Å². The van der Waals surface area contributed by atoms with Gasteiger partial charge < -0.3 is 4.42 Å².